The van der Waals surface area contributed by atoms with Crippen LogP contribution in [-0.2, 0) is 7.05 Å². The summed E-state index contributed by atoms with van der Waals surface area (Å²) >= 11 is 0. The molecule has 18 heavy (non-hydrogen) atoms. The predicted molar refractivity (Wildman–Crippen MR) is 70.2 cm³/mol. The van der Waals surface area contributed by atoms with E-state index in [0.717, 1.165) is 31.6 Å². The van der Waals surface area contributed by atoms with Gasteiger partial charge in [0.05, 0.1) is 5.69 Å². The van der Waals surface area contributed by atoms with Gasteiger partial charge in [-0.2, -0.15) is 5.10 Å². The predicted octanol–water partition coefficient (Wildman–Crippen LogP) is 0.930. The Morgan fingerprint density at radius 1 is 1.61 bits per heavy atom. The molecule has 0 spiro atoms. The first-order valence-electron chi connectivity index (χ1n) is 6.61. The van der Waals surface area contributed by atoms with E-state index in [1.165, 1.54) is 6.42 Å². The molecule has 0 saturated carbocycles. The van der Waals surface area contributed by atoms with Crippen molar-refractivity contribution in [1.82, 2.24) is 14.7 Å². The molecule has 1 atom stereocenters. The maximum Gasteiger partial charge on any atom is 0.272 e. The van der Waals surface area contributed by atoms with Gasteiger partial charge < -0.3 is 10.6 Å². The van der Waals surface area contributed by atoms with E-state index < -0.39 is 0 Å². The summed E-state index contributed by atoms with van der Waals surface area (Å²) in [7, 11) is 1.82. The summed E-state index contributed by atoms with van der Waals surface area (Å²) in [4.78, 5) is 14.4. The lowest BCUT2D eigenvalue weighted by atomic mass is 9.94. The van der Waals surface area contributed by atoms with E-state index in [9.17, 15) is 4.79 Å². The molecule has 1 aromatic heterocycles. The number of rotatable bonds is 3. The van der Waals surface area contributed by atoms with Gasteiger partial charge in [0.25, 0.3) is 5.91 Å². The smallest absolute Gasteiger partial charge is 0.272 e. The van der Waals surface area contributed by atoms with Crippen LogP contribution in [-0.4, -0.2) is 40.2 Å². The molecule has 1 aliphatic rings. The van der Waals surface area contributed by atoms with Crippen molar-refractivity contribution in [2.75, 3.05) is 19.6 Å². The van der Waals surface area contributed by atoms with Crippen LogP contribution in [0.2, 0.25) is 0 Å². The minimum absolute atomic E-state index is 0.0971. The van der Waals surface area contributed by atoms with Crippen molar-refractivity contribution >= 4 is 5.91 Å². The highest BCUT2D eigenvalue weighted by Gasteiger charge is 2.25. The maximum absolute atomic E-state index is 12.4. The number of nitrogens with two attached hydrogens (primary N) is 1. The van der Waals surface area contributed by atoms with Crippen molar-refractivity contribution in [2.45, 2.75) is 26.2 Å². The third kappa shape index (κ3) is 2.72. The lowest BCUT2D eigenvalue weighted by Crippen LogP contribution is -2.41. The normalized spacial score (nSPS) is 20.2. The van der Waals surface area contributed by atoms with Crippen LogP contribution in [0.4, 0.5) is 0 Å². The van der Waals surface area contributed by atoms with Crippen molar-refractivity contribution in [3.05, 3.63) is 17.5 Å². The Morgan fingerprint density at radius 2 is 2.39 bits per heavy atom. The zero-order valence-corrected chi connectivity index (χ0v) is 11.2. The highest BCUT2D eigenvalue weighted by atomic mass is 16.2. The van der Waals surface area contributed by atoms with Gasteiger partial charge in [-0.3, -0.25) is 9.48 Å². The van der Waals surface area contributed by atoms with E-state index in [1.807, 2.05) is 24.9 Å². The van der Waals surface area contributed by atoms with E-state index in [2.05, 4.69) is 5.10 Å². The molecule has 0 aliphatic carbocycles. The largest absolute Gasteiger partial charge is 0.337 e. The Bertz CT molecular complexity index is 425. The topological polar surface area (TPSA) is 64.2 Å². The lowest BCUT2D eigenvalue weighted by molar-refractivity contribution is 0.0658. The highest BCUT2D eigenvalue weighted by Crippen LogP contribution is 2.20. The molecule has 1 amide bonds. The number of likely N-dealkylation sites (tertiary alicyclic amines) is 1. The lowest BCUT2D eigenvalue weighted by Gasteiger charge is -2.32. The van der Waals surface area contributed by atoms with Gasteiger partial charge in [-0.25, -0.2) is 0 Å². The van der Waals surface area contributed by atoms with Gasteiger partial charge in [-0.05, 0) is 44.7 Å². The van der Waals surface area contributed by atoms with E-state index in [0.29, 0.717) is 18.2 Å². The first-order chi connectivity index (χ1) is 8.61. The Kier molecular flexibility index (Phi) is 4.01. The minimum atomic E-state index is 0.0971. The number of aryl methyl sites for hydroxylation is 2. The Balaban J connectivity index is 2.06. The molecule has 1 unspecified atom stereocenters. The Labute approximate surface area is 108 Å². The molecule has 1 aliphatic heterocycles. The average molecular weight is 250 g/mol. The summed E-state index contributed by atoms with van der Waals surface area (Å²) < 4.78 is 1.67. The van der Waals surface area contributed by atoms with Crippen molar-refractivity contribution in [2.24, 2.45) is 18.7 Å². The van der Waals surface area contributed by atoms with Crippen LogP contribution in [0.5, 0.6) is 0 Å². The monoisotopic (exact) mass is 250 g/mol. The van der Waals surface area contributed by atoms with Crippen LogP contribution >= 0.6 is 0 Å². The van der Waals surface area contributed by atoms with Gasteiger partial charge in [0, 0.05) is 20.1 Å². The first kappa shape index (κ1) is 13.1. The number of aromatic nitrogens is 2. The van der Waals surface area contributed by atoms with Gasteiger partial charge >= 0.3 is 0 Å². The number of hydrogen-bond donors (Lipinski definition) is 1. The second-order valence-electron chi connectivity index (χ2n) is 5.13. The average Bonchev–Trinajstić information content (AvgIpc) is 2.68. The summed E-state index contributed by atoms with van der Waals surface area (Å²) in [6.45, 7) is 4.30. The van der Waals surface area contributed by atoms with Crippen LogP contribution in [0.15, 0.2) is 6.07 Å². The van der Waals surface area contributed by atoms with Gasteiger partial charge in [0.1, 0.15) is 5.69 Å². The fourth-order valence-corrected chi connectivity index (χ4v) is 2.69. The molecule has 1 fully saturated rings. The van der Waals surface area contributed by atoms with E-state index in [4.69, 9.17) is 5.73 Å². The SMILES string of the molecule is Cc1cc(C(=O)N2CCCC(CCN)C2)n(C)n1. The van der Waals surface area contributed by atoms with Crippen LogP contribution in [0, 0.1) is 12.8 Å². The van der Waals surface area contributed by atoms with Crippen molar-refractivity contribution < 1.29 is 4.79 Å². The first-order valence-corrected chi connectivity index (χ1v) is 6.61. The molecule has 1 aromatic rings. The van der Waals surface area contributed by atoms with Gasteiger partial charge in [0.2, 0.25) is 0 Å². The summed E-state index contributed by atoms with van der Waals surface area (Å²) in [6, 6.07) is 1.86. The fraction of sp³-hybridized carbons (Fsp3) is 0.692. The number of hydrogen-bond acceptors (Lipinski definition) is 3. The third-order valence-corrected chi connectivity index (χ3v) is 3.60. The van der Waals surface area contributed by atoms with Gasteiger partial charge in [-0.15, -0.1) is 0 Å². The summed E-state index contributed by atoms with van der Waals surface area (Å²) in [6.07, 6.45) is 3.27. The number of carbonyl (C=O) groups is 1. The molecule has 0 radical (unpaired) electrons. The number of carbonyl (C=O) groups excluding carboxylic acids is 1. The molecular formula is C13H22N4O. The van der Waals surface area contributed by atoms with Crippen LogP contribution < -0.4 is 5.73 Å². The van der Waals surface area contributed by atoms with Crippen molar-refractivity contribution in [1.29, 1.82) is 0 Å². The number of piperidine rings is 1. The standard InChI is InChI=1S/C13H22N4O/c1-10-8-12(16(2)15-10)13(18)17-7-3-4-11(9-17)5-6-14/h8,11H,3-7,9,14H2,1-2H3. The van der Waals surface area contributed by atoms with E-state index >= 15 is 0 Å². The number of amides is 1. The molecule has 1 saturated heterocycles. The second kappa shape index (κ2) is 5.52. The van der Waals surface area contributed by atoms with Gasteiger partial charge in [-0.1, -0.05) is 0 Å². The molecule has 2 heterocycles. The fourth-order valence-electron chi connectivity index (χ4n) is 2.69. The maximum atomic E-state index is 12.4. The molecule has 0 bridgehead atoms. The number of nitrogens with zero attached hydrogens (tertiary/aromatic N) is 3. The molecule has 5 heteroatoms. The van der Waals surface area contributed by atoms with Crippen LogP contribution in [0.3, 0.4) is 0 Å². The highest BCUT2D eigenvalue weighted by molar-refractivity contribution is 5.92. The van der Waals surface area contributed by atoms with Crippen LogP contribution in [0.1, 0.15) is 35.4 Å². The summed E-state index contributed by atoms with van der Waals surface area (Å²) in [5.41, 5.74) is 7.17. The molecule has 0 aromatic carbocycles. The van der Waals surface area contributed by atoms with Crippen molar-refractivity contribution in [3.8, 4) is 0 Å². The quantitative estimate of drug-likeness (QED) is 0.868. The zero-order chi connectivity index (χ0) is 13.1. The van der Waals surface area contributed by atoms with Gasteiger partial charge in [0.15, 0.2) is 0 Å². The zero-order valence-electron chi connectivity index (χ0n) is 11.2. The van der Waals surface area contributed by atoms with E-state index in [1.54, 1.807) is 4.68 Å². The third-order valence-electron chi connectivity index (χ3n) is 3.60. The molecular weight excluding hydrogens is 228 g/mol. The molecule has 2 rings (SSSR count). The van der Waals surface area contributed by atoms with E-state index in [-0.39, 0.29) is 5.91 Å². The van der Waals surface area contributed by atoms with Crippen LogP contribution in [0.25, 0.3) is 0 Å². The Morgan fingerprint density at radius 3 is 3.00 bits per heavy atom. The second-order valence-corrected chi connectivity index (χ2v) is 5.13. The summed E-state index contributed by atoms with van der Waals surface area (Å²) in [5.74, 6) is 0.654. The summed E-state index contributed by atoms with van der Waals surface area (Å²) in [5, 5.41) is 4.23. The minimum Gasteiger partial charge on any atom is -0.337 e. The molecule has 5 nitrogen and oxygen atoms in total. The molecule has 2 N–H and O–H groups in total. The molecule has 100 valence electrons. The Hall–Kier alpha value is -1.36. The van der Waals surface area contributed by atoms with Crippen molar-refractivity contribution in [3.63, 3.8) is 0 Å².